The van der Waals surface area contributed by atoms with Gasteiger partial charge in [-0.25, -0.2) is 4.98 Å². The minimum Gasteiger partial charge on any atom is -0.494 e. The smallest absolute Gasteiger partial charge is 0.146 e. The lowest BCUT2D eigenvalue weighted by molar-refractivity contribution is 0.419. The van der Waals surface area contributed by atoms with Crippen LogP contribution >= 0.6 is 0 Å². The highest BCUT2D eigenvalue weighted by molar-refractivity contribution is 5.82. The number of hydrogen-bond donors (Lipinski definition) is 1. The Morgan fingerprint density at radius 3 is 3.27 bits per heavy atom. The van der Waals surface area contributed by atoms with Gasteiger partial charge in [0.2, 0.25) is 0 Å². The summed E-state index contributed by atoms with van der Waals surface area (Å²) in [6.07, 6.45) is 0. The van der Waals surface area contributed by atoms with Gasteiger partial charge in [-0.2, -0.15) is 0 Å². The Morgan fingerprint density at radius 2 is 2.40 bits per heavy atom. The third-order valence-electron chi connectivity index (χ3n) is 2.84. The number of para-hydroxylation sites is 1. The van der Waals surface area contributed by atoms with Gasteiger partial charge < -0.3 is 14.6 Å². The summed E-state index contributed by atoms with van der Waals surface area (Å²) in [6.45, 7) is 2.84. The summed E-state index contributed by atoms with van der Waals surface area (Å²) in [4.78, 5) is 4.60. The lowest BCUT2D eigenvalue weighted by Gasteiger charge is -2.15. The lowest BCUT2D eigenvalue weighted by atomic mass is 10.3. The molecule has 0 spiro atoms. The molecule has 0 aliphatic carbocycles. The monoisotopic (exact) mass is 203 g/mol. The molecule has 1 aromatic carbocycles. The average Bonchev–Trinajstić information content (AvgIpc) is 2.67. The number of methoxy groups -OCH3 is 1. The number of nitrogens with zero attached hydrogens (tertiary/aromatic N) is 2. The highest BCUT2D eigenvalue weighted by Crippen LogP contribution is 2.26. The van der Waals surface area contributed by atoms with E-state index in [0.29, 0.717) is 0 Å². The van der Waals surface area contributed by atoms with Crippen LogP contribution in [-0.2, 0) is 13.1 Å². The van der Waals surface area contributed by atoms with E-state index in [1.165, 1.54) is 5.52 Å². The number of hydrogen-bond acceptors (Lipinski definition) is 3. The molecular weight excluding hydrogens is 190 g/mol. The summed E-state index contributed by atoms with van der Waals surface area (Å²) in [5.74, 6) is 1.95. The maximum absolute atomic E-state index is 5.31. The number of benzene rings is 1. The second-order valence-electron chi connectivity index (χ2n) is 3.68. The highest BCUT2D eigenvalue weighted by Gasteiger charge is 2.15. The van der Waals surface area contributed by atoms with Crippen molar-refractivity contribution in [2.45, 2.75) is 13.1 Å². The minimum atomic E-state index is 0.845. The molecule has 0 fully saturated rings. The zero-order valence-electron chi connectivity index (χ0n) is 8.66. The summed E-state index contributed by atoms with van der Waals surface area (Å²) in [5, 5.41) is 3.32. The fraction of sp³-hybridized carbons (Fsp3) is 0.364. The predicted molar refractivity (Wildman–Crippen MR) is 58.0 cm³/mol. The van der Waals surface area contributed by atoms with Crippen molar-refractivity contribution in [3.8, 4) is 5.75 Å². The van der Waals surface area contributed by atoms with Crippen molar-refractivity contribution in [1.29, 1.82) is 0 Å². The first kappa shape index (κ1) is 8.73. The SMILES string of the molecule is COc1cccc2c1nc1n2CCNC1. The molecule has 0 saturated heterocycles. The van der Waals surface area contributed by atoms with Gasteiger partial charge in [0, 0.05) is 13.1 Å². The van der Waals surface area contributed by atoms with Crippen molar-refractivity contribution in [3.05, 3.63) is 24.0 Å². The van der Waals surface area contributed by atoms with Gasteiger partial charge in [0.05, 0.1) is 19.2 Å². The Morgan fingerprint density at radius 1 is 1.47 bits per heavy atom. The summed E-state index contributed by atoms with van der Waals surface area (Å²) in [6, 6.07) is 6.06. The van der Waals surface area contributed by atoms with Crippen LogP contribution in [0.25, 0.3) is 11.0 Å². The van der Waals surface area contributed by atoms with Gasteiger partial charge in [0.25, 0.3) is 0 Å². The van der Waals surface area contributed by atoms with Crippen LogP contribution in [0.4, 0.5) is 0 Å². The van der Waals surface area contributed by atoms with Crippen molar-refractivity contribution in [2.24, 2.45) is 0 Å². The highest BCUT2D eigenvalue weighted by atomic mass is 16.5. The molecule has 4 heteroatoms. The summed E-state index contributed by atoms with van der Waals surface area (Å²) < 4.78 is 7.57. The number of ether oxygens (including phenoxy) is 1. The second kappa shape index (κ2) is 3.24. The van der Waals surface area contributed by atoms with Gasteiger partial charge >= 0.3 is 0 Å². The Hall–Kier alpha value is -1.55. The molecule has 1 N–H and O–H groups in total. The third-order valence-corrected chi connectivity index (χ3v) is 2.84. The fourth-order valence-corrected chi connectivity index (χ4v) is 2.11. The molecule has 4 nitrogen and oxygen atoms in total. The maximum Gasteiger partial charge on any atom is 0.146 e. The van der Waals surface area contributed by atoms with Crippen LogP contribution in [0.15, 0.2) is 18.2 Å². The van der Waals surface area contributed by atoms with Gasteiger partial charge in [-0.1, -0.05) is 6.07 Å². The van der Waals surface area contributed by atoms with E-state index in [1.807, 2.05) is 12.1 Å². The molecule has 2 aromatic rings. The zero-order chi connectivity index (χ0) is 10.3. The van der Waals surface area contributed by atoms with Crippen LogP contribution in [0.2, 0.25) is 0 Å². The van der Waals surface area contributed by atoms with E-state index in [1.54, 1.807) is 7.11 Å². The number of fused-ring (bicyclic) bond motifs is 3. The van der Waals surface area contributed by atoms with Gasteiger partial charge in [-0.3, -0.25) is 0 Å². The first-order valence-electron chi connectivity index (χ1n) is 5.13. The average molecular weight is 203 g/mol. The molecule has 15 heavy (non-hydrogen) atoms. The quantitative estimate of drug-likeness (QED) is 0.755. The Balaban J connectivity index is 2.31. The minimum absolute atomic E-state index is 0.845. The van der Waals surface area contributed by atoms with Crippen LogP contribution in [0, 0.1) is 0 Å². The number of rotatable bonds is 1. The van der Waals surface area contributed by atoms with Crippen LogP contribution in [-0.4, -0.2) is 23.2 Å². The zero-order valence-corrected chi connectivity index (χ0v) is 8.66. The molecule has 0 atom stereocenters. The molecule has 3 rings (SSSR count). The van der Waals surface area contributed by atoms with Crippen molar-refractivity contribution in [1.82, 2.24) is 14.9 Å². The summed E-state index contributed by atoms with van der Waals surface area (Å²) in [5.41, 5.74) is 2.14. The maximum atomic E-state index is 5.31. The number of aromatic nitrogens is 2. The van der Waals surface area contributed by atoms with Crippen LogP contribution in [0.5, 0.6) is 5.75 Å². The normalized spacial score (nSPS) is 15.3. The molecule has 1 aliphatic heterocycles. The van der Waals surface area contributed by atoms with Gasteiger partial charge in [-0.15, -0.1) is 0 Å². The van der Waals surface area contributed by atoms with Crippen LogP contribution in [0.1, 0.15) is 5.82 Å². The van der Waals surface area contributed by atoms with Gasteiger partial charge in [0.1, 0.15) is 17.1 Å². The van der Waals surface area contributed by atoms with E-state index in [2.05, 4.69) is 20.9 Å². The Kier molecular flexibility index (Phi) is 1.89. The topological polar surface area (TPSA) is 39.1 Å². The van der Waals surface area contributed by atoms with E-state index >= 15 is 0 Å². The third kappa shape index (κ3) is 1.22. The largest absolute Gasteiger partial charge is 0.494 e. The fourth-order valence-electron chi connectivity index (χ4n) is 2.11. The molecule has 0 radical (unpaired) electrons. The van der Waals surface area contributed by atoms with Crippen molar-refractivity contribution < 1.29 is 4.74 Å². The van der Waals surface area contributed by atoms with E-state index in [9.17, 15) is 0 Å². The Bertz CT molecular complexity index is 504. The van der Waals surface area contributed by atoms with Gasteiger partial charge in [-0.05, 0) is 12.1 Å². The number of nitrogens with one attached hydrogen (secondary N) is 1. The van der Waals surface area contributed by atoms with Crippen LogP contribution < -0.4 is 10.1 Å². The summed E-state index contributed by atoms with van der Waals surface area (Å²) >= 11 is 0. The molecule has 0 saturated carbocycles. The standard InChI is InChI=1S/C11H13N3O/c1-15-9-4-2-3-8-11(9)13-10-7-12-5-6-14(8)10/h2-4,12H,5-7H2,1H3. The van der Waals surface area contributed by atoms with E-state index < -0.39 is 0 Å². The summed E-state index contributed by atoms with van der Waals surface area (Å²) in [7, 11) is 1.69. The molecular formula is C11H13N3O. The second-order valence-corrected chi connectivity index (χ2v) is 3.68. The first-order chi connectivity index (χ1) is 7.40. The van der Waals surface area contributed by atoms with E-state index in [4.69, 9.17) is 4.74 Å². The Labute approximate surface area is 87.9 Å². The lowest BCUT2D eigenvalue weighted by Crippen LogP contribution is -2.28. The van der Waals surface area contributed by atoms with Crippen LogP contribution in [0.3, 0.4) is 0 Å². The first-order valence-corrected chi connectivity index (χ1v) is 5.13. The molecule has 0 amide bonds. The van der Waals surface area contributed by atoms with Crippen molar-refractivity contribution in [3.63, 3.8) is 0 Å². The van der Waals surface area contributed by atoms with E-state index in [-0.39, 0.29) is 0 Å². The molecule has 1 aliphatic rings. The molecule has 0 unspecified atom stereocenters. The molecule has 1 aromatic heterocycles. The molecule has 0 bridgehead atoms. The predicted octanol–water partition coefficient (Wildman–Crippen LogP) is 1.15. The van der Waals surface area contributed by atoms with Gasteiger partial charge in [0.15, 0.2) is 0 Å². The van der Waals surface area contributed by atoms with E-state index in [0.717, 1.165) is 36.7 Å². The number of imidazole rings is 1. The van der Waals surface area contributed by atoms with Crippen molar-refractivity contribution in [2.75, 3.05) is 13.7 Å². The molecule has 78 valence electrons. The van der Waals surface area contributed by atoms with Crippen molar-refractivity contribution >= 4 is 11.0 Å². The molecule has 2 heterocycles.